The molecule has 1 saturated carbocycles. The Morgan fingerprint density at radius 2 is 2.25 bits per heavy atom. The average molecular weight is 114 g/mol. The average Bonchev–Trinajstić information content (AvgIpc) is 1.66. The molecule has 8 heavy (non-hydrogen) atoms. The van der Waals surface area contributed by atoms with Crippen LogP contribution in [0.5, 0.6) is 0 Å². The molecule has 1 rings (SSSR count). The van der Waals surface area contributed by atoms with E-state index in [0.717, 1.165) is 0 Å². The minimum Gasteiger partial charge on any atom is -0.396 e. The van der Waals surface area contributed by atoms with Crippen molar-refractivity contribution in [3.05, 3.63) is 0 Å². The fourth-order valence-electron chi connectivity index (χ4n) is 1.26. The van der Waals surface area contributed by atoms with Crippen molar-refractivity contribution in [3.8, 4) is 0 Å². The Kier molecular flexibility index (Phi) is 1.31. The van der Waals surface area contributed by atoms with Crippen LogP contribution in [-0.4, -0.2) is 11.7 Å². The van der Waals surface area contributed by atoms with E-state index in [0.29, 0.717) is 17.9 Å². The lowest BCUT2D eigenvalue weighted by Gasteiger charge is -2.43. The summed E-state index contributed by atoms with van der Waals surface area (Å²) in [5, 5.41) is 8.72. The number of rotatable bonds is 1. The molecular formula is C7H14O. The van der Waals surface area contributed by atoms with Crippen LogP contribution >= 0.6 is 0 Å². The summed E-state index contributed by atoms with van der Waals surface area (Å²) in [6.07, 6.45) is 2.52. The van der Waals surface area contributed by atoms with E-state index in [4.69, 9.17) is 5.11 Å². The van der Waals surface area contributed by atoms with Crippen molar-refractivity contribution >= 4 is 0 Å². The molecule has 0 saturated heterocycles. The van der Waals surface area contributed by atoms with Gasteiger partial charge in [-0.3, -0.25) is 0 Å². The summed E-state index contributed by atoms with van der Waals surface area (Å²) in [5.41, 5.74) is 0.439. The Balaban J connectivity index is 2.37. The van der Waals surface area contributed by atoms with Gasteiger partial charge in [0.1, 0.15) is 0 Å². The molecule has 1 atom stereocenters. The number of aliphatic hydroxyl groups excluding tert-OH is 1. The zero-order chi connectivity index (χ0) is 6.20. The summed E-state index contributed by atoms with van der Waals surface area (Å²) in [6, 6.07) is 0. The Morgan fingerprint density at radius 1 is 1.62 bits per heavy atom. The first-order chi connectivity index (χ1) is 3.67. The van der Waals surface area contributed by atoms with Crippen LogP contribution in [0.1, 0.15) is 26.7 Å². The molecule has 1 fully saturated rings. The zero-order valence-corrected chi connectivity index (χ0v) is 5.65. The second-order valence-electron chi connectivity index (χ2n) is 3.41. The summed E-state index contributed by atoms with van der Waals surface area (Å²) in [5.74, 6) is 0.586. The van der Waals surface area contributed by atoms with Gasteiger partial charge < -0.3 is 5.11 Å². The lowest BCUT2D eigenvalue weighted by molar-refractivity contribution is 0.0206. The molecule has 0 aromatic heterocycles. The van der Waals surface area contributed by atoms with E-state index in [2.05, 4.69) is 13.8 Å². The predicted molar refractivity (Wildman–Crippen MR) is 33.6 cm³/mol. The number of hydrogen-bond donors (Lipinski definition) is 1. The molecule has 1 aliphatic rings. The van der Waals surface area contributed by atoms with Crippen LogP contribution in [0.15, 0.2) is 0 Å². The van der Waals surface area contributed by atoms with Crippen molar-refractivity contribution < 1.29 is 5.11 Å². The quantitative estimate of drug-likeness (QED) is 0.546. The van der Waals surface area contributed by atoms with Crippen molar-refractivity contribution in [2.24, 2.45) is 11.3 Å². The minimum atomic E-state index is 0.382. The van der Waals surface area contributed by atoms with Crippen LogP contribution in [-0.2, 0) is 0 Å². The highest BCUT2D eigenvalue weighted by atomic mass is 16.3. The maximum Gasteiger partial charge on any atom is 0.0464 e. The smallest absolute Gasteiger partial charge is 0.0464 e. The molecule has 0 amide bonds. The summed E-state index contributed by atoms with van der Waals surface area (Å²) >= 11 is 0. The van der Waals surface area contributed by atoms with Crippen molar-refractivity contribution in [1.82, 2.24) is 0 Å². The second kappa shape index (κ2) is 1.73. The highest BCUT2D eigenvalue weighted by Gasteiger charge is 2.37. The Hall–Kier alpha value is -0.0400. The molecule has 1 unspecified atom stereocenters. The van der Waals surface area contributed by atoms with E-state index in [1.807, 2.05) is 0 Å². The van der Waals surface area contributed by atoms with Crippen molar-refractivity contribution in [2.45, 2.75) is 26.7 Å². The van der Waals surface area contributed by atoms with E-state index in [1.165, 1.54) is 12.8 Å². The van der Waals surface area contributed by atoms with Crippen LogP contribution in [0.4, 0.5) is 0 Å². The Labute approximate surface area is 50.7 Å². The van der Waals surface area contributed by atoms with Gasteiger partial charge in [-0.05, 0) is 24.2 Å². The normalized spacial score (nSPS) is 34.1. The molecule has 0 spiro atoms. The predicted octanol–water partition coefficient (Wildman–Crippen LogP) is 1.41. The van der Waals surface area contributed by atoms with Crippen LogP contribution in [0.25, 0.3) is 0 Å². The van der Waals surface area contributed by atoms with Gasteiger partial charge in [-0.15, -0.1) is 0 Å². The lowest BCUT2D eigenvalue weighted by Crippen LogP contribution is -2.36. The third-order valence-corrected chi connectivity index (χ3v) is 2.46. The highest BCUT2D eigenvalue weighted by molar-refractivity contribution is 4.87. The highest BCUT2D eigenvalue weighted by Crippen LogP contribution is 2.45. The molecule has 1 heteroatoms. The molecule has 0 radical (unpaired) electrons. The fourth-order valence-corrected chi connectivity index (χ4v) is 1.26. The maximum atomic E-state index is 8.72. The van der Waals surface area contributed by atoms with Gasteiger partial charge in [0.05, 0.1) is 0 Å². The molecule has 1 aliphatic carbocycles. The van der Waals surface area contributed by atoms with Gasteiger partial charge in [0.25, 0.3) is 0 Å². The van der Waals surface area contributed by atoms with E-state index < -0.39 is 0 Å². The Bertz CT molecular complexity index is 84.4. The van der Waals surface area contributed by atoms with Crippen LogP contribution in [0, 0.1) is 11.3 Å². The monoisotopic (exact) mass is 114 g/mol. The third kappa shape index (κ3) is 0.752. The van der Waals surface area contributed by atoms with Crippen LogP contribution in [0.3, 0.4) is 0 Å². The second-order valence-corrected chi connectivity index (χ2v) is 3.41. The first kappa shape index (κ1) is 6.09. The van der Waals surface area contributed by atoms with E-state index >= 15 is 0 Å². The molecular weight excluding hydrogens is 100 g/mol. The summed E-state index contributed by atoms with van der Waals surface area (Å²) in [7, 11) is 0. The molecule has 0 aromatic carbocycles. The number of hydrogen-bond acceptors (Lipinski definition) is 1. The SMILES string of the molecule is CC1(C)CCC1CO. The van der Waals surface area contributed by atoms with Crippen LogP contribution in [0.2, 0.25) is 0 Å². The molecule has 1 N–H and O–H groups in total. The van der Waals surface area contributed by atoms with Gasteiger partial charge >= 0.3 is 0 Å². The molecule has 0 heterocycles. The first-order valence-corrected chi connectivity index (χ1v) is 3.27. The summed E-state index contributed by atoms with van der Waals surface area (Å²) in [4.78, 5) is 0. The summed E-state index contributed by atoms with van der Waals surface area (Å²) < 4.78 is 0. The Morgan fingerprint density at radius 3 is 2.25 bits per heavy atom. The van der Waals surface area contributed by atoms with Crippen molar-refractivity contribution in [2.75, 3.05) is 6.61 Å². The summed E-state index contributed by atoms with van der Waals surface area (Å²) in [6.45, 7) is 4.82. The molecule has 1 nitrogen and oxygen atoms in total. The third-order valence-electron chi connectivity index (χ3n) is 2.46. The van der Waals surface area contributed by atoms with Crippen molar-refractivity contribution in [1.29, 1.82) is 0 Å². The van der Waals surface area contributed by atoms with Gasteiger partial charge in [-0.2, -0.15) is 0 Å². The van der Waals surface area contributed by atoms with E-state index in [1.54, 1.807) is 0 Å². The van der Waals surface area contributed by atoms with Gasteiger partial charge in [0.2, 0.25) is 0 Å². The van der Waals surface area contributed by atoms with Gasteiger partial charge in [0.15, 0.2) is 0 Å². The molecule has 0 aromatic rings. The van der Waals surface area contributed by atoms with Gasteiger partial charge in [-0.1, -0.05) is 13.8 Å². The fraction of sp³-hybridized carbons (Fsp3) is 1.00. The topological polar surface area (TPSA) is 20.2 Å². The number of aliphatic hydroxyl groups is 1. The zero-order valence-electron chi connectivity index (χ0n) is 5.65. The largest absolute Gasteiger partial charge is 0.396 e. The molecule has 0 aliphatic heterocycles. The van der Waals surface area contributed by atoms with E-state index in [-0.39, 0.29) is 0 Å². The lowest BCUT2D eigenvalue weighted by atomic mass is 9.63. The van der Waals surface area contributed by atoms with Gasteiger partial charge in [0, 0.05) is 6.61 Å². The molecule has 0 bridgehead atoms. The van der Waals surface area contributed by atoms with Gasteiger partial charge in [-0.25, -0.2) is 0 Å². The van der Waals surface area contributed by atoms with E-state index in [9.17, 15) is 0 Å². The minimum absolute atomic E-state index is 0.382. The molecule has 48 valence electrons. The van der Waals surface area contributed by atoms with Crippen molar-refractivity contribution in [3.63, 3.8) is 0 Å². The standard InChI is InChI=1S/C7H14O/c1-7(2)4-3-6(7)5-8/h6,8H,3-5H2,1-2H3. The van der Waals surface area contributed by atoms with Crippen LogP contribution < -0.4 is 0 Å². The first-order valence-electron chi connectivity index (χ1n) is 3.27. The maximum absolute atomic E-state index is 8.72.